The number of benzene rings is 1. The number of nitrogens with one attached hydrogen (secondary N) is 1. The van der Waals surface area contributed by atoms with Crippen LogP contribution in [0.1, 0.15) is 0 Å². The largest absolute Gasteiger partial charge is 0.284 e. The molecule has 1 aromatic carbocycles. The predicted octanol–water partition coefficient (Wildman–Crippen LogP) is 2.83. The molecule has 7 nitrogen and oxygen atoms in total. The lowest BCUT2D eigenvalue weighted by atomic mass is 10.1. The lowest BCUT2D eigenvalue weighted by Gasteiger charge is -2.07. The maximum absolute atomic E-state index is 11.4. The van der Waals surface area contributed by atoms with E-state index in [1.807, 2.05) is 30.3 Å². The Morgan fingerprint density at radius 3 is 2.58 bits per heavy atom. The fourth-order valence-electron chi connectivity index (χ4n) is 2.70. The van der Waals surface area contributed by atoms with Gasteiger partial charge < -0.3 is 0 Å². The second kappa shape index (κ2) is 6.23. The number of rotatable bonds is 4. The Labute approximate surface area is 150 Å². The zero-order chi connectivity index (χ0) is 18.1. The van der Waals surface area contributed by atoms with E-state index >= 15 is 0 Å². The van der Waals surface area contributed by atoms with Crippen LogP contribution in [-0.2, 0) is 10.0 Å². The number of anilines is 1. The maximum Gasteiger partial charge on any atom is 0.229 e. The second-order valence-corrected chi connectivity index (χ2v) is 7.57. The third-order valence-corrected chi connectivity index (χ3v) is 4.41. The first-order chi connectivity index (χ1) is 12.5. The minimum atomic E-state index is -3.34. The maximum atomic E-state index is 11.4. The second-order valence-electron chi connectivity index (χ2n) is 5.82. The van der Waals surface area contributed by atoms with Gasteiger partial charge in [0.1, 0.15) is 0 Å². The molecule has 3 aromatic heterocycles. The van der Waals surface area contributed by atoms with Gasteiger partial charge in [0.2, 0.25) is 10.0 Å². The van der Waals surface area contributed by atoms with Gasteiger partial charge >= 0.3 is 0 Å². The summed E-state index contributed by atoms with van der Waals surface area (Å²) in [5.74, 6) is 0. The van der Waals surface area contributed by atoms with E-state index in [4.69, 9.17) is 0 Å². The molecule has 0 radical (unpaired) electrons. The van der Waals surface area contributed by atoms with Gasteiger partial charge in [-0.2, -0.15) is 5.10 Å². The summed E-state index contributed by atoms with van der Waals surface area (Å²) in [6, 6.07) is 14.6. The van der Waals surface area contributed by atoms with Crippen LogP contribution in [0.5, 0.6) is 0 Å². The zero-order valence-corrected chi connectivity index (χ0v) is 14.7. The van der Waals surface area contributed by atoms with Crippen molar-refractivity contribution in [2.24, 2.45) is 0 Å². The van der Waals surface area contributed by atoms with Crippen molar-refractivity contribution < 1.29 is 8.42 Å². The van der Waals surface area contributed by atoms with Crippen LogP contribution < -0.4 is 4.72 Å². The number of fused-ring (bicyclic) bond motifs is 1. The normalized spacial score (nSPS) is 11.6. The summed E-state index contributed by atoms with van der Waals surface area (Å²) >= 11 is 0. The Morgan fingerprint density at radius 1 is 1.00 bits per heavy atom. The highest BCUT2D eigenvalue weighted by atomic mass is 32.2. The van der Waals surface area contributed by atoms with Crippen LogP contribution >= 0.6 is 0 Å². The summed E-state index contributed by atoms with van der Waals surface area (Å²) in [6.07, 6.45) is 6.33. The average molecular weight is 365 g/mol. The molecule has 3 heterocycles. The number of imidazole rings is 1. The van der Waals surface area contributed by atoms with E-state index in [0.717, 1.165) is 28.7 Å². The Kier molecular flexibility index (Phi) is 3.89. The molecule has 0 aliphatic carbocycles. The minimum absolute atomic E-state index is 0.492. The molecule has 0 saturated heterocycles. The standard InChI is InChI=1S/C18H15N5O2S/c1-26(24,25)22-15-4-2-3-14(11-15)16-5-6-18-20-12-17(23(18)21-16)13-7-9-19-10-8-13/h2-12,22H,1H3. The van der Waals surface area contributed by atoms with E-state index in [2.05, 4.69) is 19.8 Å². The highest BCUT2D eigenvalue weighted by Crippen LogP contribution is 2.24. The molecule has 1 N–H and O–H groups in total. The third-order valence-electron chi connectivity index (χ3n) is 3.80. The van der Waals surface area contributed by atoms with E-state index in [1.165, 1.54) is 0 Å². The molecule has 0 atom stereocenters. The van der Waals surface area contributed by atoms with Gasteiger partial charge in [-0.1, -0.05) is 12.1 Å². The van der Waals surface area contributed by atoms with Gasteiger partial charge in [0.15, 0.2) is 5.65 Å². The van der Waals surface area contributed by atoms with E-state index in [0.29, 0.717) is 11.4 Å². The zero-order valence-electron chi connectivity index (χ0n) is 13.9. The monoisotopic (exact) mass is 365 g/mol. The molecule has 0 unspecified atom stereocenters. The average Bonchev–Trinajstić information content (AvgIpc) is 3.04. The van der Waals surface area contributed by atoms with Crippen LogP contribution in [0.15, 0.2) is 67.1 Å². The molecule has 4 rings (SSSR count). The Balaban J connectivity index is 1.80. The molecule has 0 amide bonds. The topological polar surface area (TPSA) is 89.2 Å². The van der Waals surface area contributed by atoms with Crippen molar-refractivity contribution in [1.29, 1.82) is 0 Å². The van der Waals surface area contributed by atoms with Crippen LogP contribution in [-0.4, -0.2) is 34.3 Å². The summed E-state index contributed by atoms with van der Waals surface area (Å²) in [5.41, 5.74) is 4.55. The highest BCUT2D eigenvalue weighted by molar-refractivity contribution is 7.92. The lowest BCUT2D eigenvalue weighted by molar-refractivity contribution is 0.607. The number of hydrogen-bond acceptors (Lipinski definition) is 5. The smallest absolute Gasteiger partial charge is 0.229 e. The molecule has 0 fully saturated rings. The molecule has 0 aliphatic heterocycles. The quantitative estimate of drug-likeness (QED) is 0.601. The molecular weight excluding hydrogens is 350 g/mol. The van der Waals surface area contributed by atoms with Gasteiger partial charge in [0.25, 0.3) is 0 Å². The predicted molar refractivity (Wildman–Crippen MR) is 100 cm³/mol. The van der Waals surface area contributed by atoms with E-state index in [9.17, 15) is 8.42 Å². The Morgan fingerprint density at radius 2 is 1.81 bits per heavy atom. The lowest BCUT2D eigenvalue weighted by Crippen LogP contribution is -2.09. The van der Waals surface area contributed by atoms with Crippen molar-refractivity contribution in [2.45, 2.75) is 0 Å². The van der Waals surface area contributed by atoms with E-state index in [1.54, 1.807) is 41.3 Å². The SMILES string of the molecule is CS(=O)(=O)Nc1cccc(-c2ccc3ncc(-c4ccncc4)n3n2)c1. The van der Waals surface area contributed by atoms with E-state index < -0.39 is 10.0 Å². The molecule has 0 spiro atoms. The van der Waals surface area contributed by atoms with Crippen molar-refractivity contribution >= 4 is 21.4 Å². The molecule has 26 heavy (non-hydrogen) atoms. The van der Waals surface area contributed by atoms with Crippen molar-refractivity contribution in [3.63, 3.8) is 0 Å². The minimum Gasteiger partial charge on any atom is -0.284 e. The highest BCUT2D eigenvalue weighted by Gasteiger charge is 2.10. The fourth-order valence-corrected chi connectivity index (χ4v) is 3.26. The van der Waals surface area contributed by atoms with Crippen LogP contribution in [0.2, 0.25) is 0 Å². The molecule has 130 valence electrons. The molecule has 0 aliphatic rings. The van der Waals surface area contributed by atoms with Gasteiger partial charge in [0.05, 0.1) is 23.8 Å². The molecular formula is C18H15N5O2S. The first kappa shape index (κ1) is 16.2. The first-order valence-electron chi connectivity index (χ1n) is 7.83. The van der Waals surface area contributed by atoms with Gasteiger partial charge in [0, 0.05) is 29.2 Å². The number of hydrogen-bond donors (Lipinski definition) is 1. The fraction of sp³-hybridized carbons (Fsp3) is 0.0556. The van der Waals surface area contributed by atoms with Gasteiger partial charge in [-0.05, 0) is 36.4 Å². The van der Waals surface area contributed by atoms with Crippen LogP contribution in [0.4, 0.5) is 5.69 Å². The summed E-state index contributed by atoms with van der Waals surface area (Å²) in [7, 11) is -3.34. The number of pyridine rings is 1. The van der Waals surface area contributed by atoms with Gasteiger partial charge in [-0.15, -0.1) is 0 Å². The van der Waals surface area contributed by atoms with Crippen molar-refractivity contribution in [3.05, 3.63) is 67.1 Å². The van der Waals surface area contributed by atoms with Crippen LogP contribution in [0.25, 0.3) is 28.2 Å². The molecule has 0 bridgehead atoms. The van der Waals surface area contributed by atoms with Crippen molar-refractivity contribution in [3.8, 4) is 22.5 Å². The van der Waals surface area contributed by atoms with E-state index in [-0.39, 0.29) is 0 Å². The Bertz CT molecular complexity index is 1190. The number of nitrogens with zero attached hydrogens (tertiary/aromatic N) is 4. The third kappa shape index (κ3) is 3.27. The molecule has 8 heteroatoms. The number of aromatic nitrogens is 4. The summed E-state index contributed by atoms with van der Waals surface area (Å²) in [6.45, 7) is 0. The Hall–Kier alpha value is -3.26. The summed E-state index contributed by atoms with van der Waals surface area (Å²) < 4.78 is 27.1. The number of sulfonamides is 1. The van der Waals surface area contributed by atoms with Crippen molar-refractivity contribution in [1.82, 2.24) is 19.6 Å². The first-order valence-corrected chi connectivity index (χ1v) is 9.72. The summed E-state index contributed by atoms with van der Waals surface area (Å²) in [4.78, 5) is 8.42. The van der Waals surface area contributed by atoms with Gasteiger partial charge in [-0.25, -0.2) is 17.9 Å². The molecule has 4 aromatic rings. The molecule has 0 saturated carbocycles. The van der Waals surface area contributed by atoms with Crippen LogP contribution in [0.3, 0.4) is 0 Å². The van der Waals surface area contributed by atoms with Crippen LogP contribution in [0, 0.1) is 0 Å². The summed E-state index contributed by atoms with van der Waals surface area (Å²) in [5, 5.41) is 4.68. The van der Waals surface area contributed by atoms with Gasteiger partial charge in [-0.3, -0.25) is 9.71 Å². The van der Waals surface area contributed by atoms with Crippen molar-refractivity contribution in [2.75, 3.05) is 11.0 Å².